The Balaban J connectivity index is 1.70. The molecule has 21 heavy (non-hydrogen) atoms. The van der Waals surface area contributed by atoms with Gasteiger partial charge in [0.15, 0.2) is 0 Å². The Morgan fingerprint density at radius 3 is 2.57 bits per heavy atom. The fraction of sp³-hybridized carbons (Fsp3) is 0.588. The van der Waals surface area contributed by atoms with Gasteiger partial charge in [-0.3, -0.25) is 9.69 Å². The Morgan fingerprint density at radius 1 is 1.10 bits per heavy atom. The second kappa shape index (κ2) is 6.16. The zero-order chi connectivity index (χ0) is 14.8. The van der Waals surface area contributed by atoms with Gasteiger partial charge in [-0.05, 0) is 31.6 Å². The number of fused-ring (bicyclic) bond motifs is 1. The number of rotatable bonds is 2. The smallest absolute Gasteiger partial charge is 0.224 e. The van der Waals surface area contributed by atoms with Crippen LogP contribution in [0.3, 0.4) is 0 Å². The van der Waals surface area contributed by atoms with Gasteiger partial charge in [-0.1, -0.05) is 24.3 Å². The molecule has 0 saturated carbocycles. The first-order valence-corrected chi connectivity index (χ1v) is 7.89. The maximum atomic E-state index is 12.6. The predicted octanol–water partition coefficient (Wildman–Crippen LogP) is 1.38. The number of carbonyl (C=O) groups is 1. The van der Waals surface area contributed by atoms with Crippen LogP contribution in [0.2, 0.25) is 0 Å². The summed E-state index contributed by atoms with van der Waals surface area (Å²) in [5.41, 5.74) is 2.75. The molecule has 4 nitrogen and oxygen atoms in total. The van der Waals surface area contributed by atoms with Crippen LogP contribution in [0.25, 0.3) is 0 Å². The number of nitrogens with zero attached hydrogens (tertiary/aromatic N) is 3. The SMILES string of the molecule is CN1CCN(C(=O)C[C@H]2c3ccccc3CCN2C)CC1. The zero-order valence-electron chi connectivity index (χ0n) is 13.1. The van der Waals surface area contributed by atoms with Gasteiger partial charge in [0.2, 0.25) is 5.91 Å². The fourth-order valence-electron chi connectivity index (χ4n) is 3.39. The van der Waals surface area contributed by atoms with Gasteiger partial charge in [-0.15, -0.1) is 0 Å². The van der Waals surface area contributed by atoms with Crippen molar-refractivity contribution in [3.63, 3.8) is 0 Å². The van der Waals surface area contributed by atoms with Gasteiger partial charge in [0, 0.05) is 45.2 Å². The average molecular weight is 287 g/mol. The minimum Gasteiger partial charge on any atom is -0.340 e. The van der Waals surface area contributed by atoms with Crippen LogP contribution in [-0.4, -0.2) is 67.4 Å². The lowest BCUT2D eigenvalue weighted by Gasteiger charge is -2.37. The number of benzene rings is 1. The van der Waals surface area contributed by atoms with Gasteiger partial charge < -0.3 is 9.80 Å². The van der Waals surface area contributed by atoms with Gasteiger partial charge in [-0.25, -0.2) is 0 Å². The molecule has 1 atom stereocenters. The molecule has 3 rings (SSSR count). The molecule has 1 fully saturated rings. The molecule has 2 aliphatic rings. The quantitative estimate of drug-likeness (QED) is 0.822. The molecule has 0 aromatic heterocycles. The highest BCUT2D eigenvalue weighted by molar-refractivity contribution is 5.77. The van der Waals surface area contributed by atoms with E-state index in [-0.39, 0.29) is 6.04 Å². The topological polar surface area (TPSA) is 26.8 Å². The van der Waals surface area contributed by atoms with E-state index in [2.05, 4.69) is 48.2 Å². The summed E-state index contributed by atoms with van der Waals surface area (Å²) in [5.74, 6) is 0.302. The summed E-state index contributed by atoms with van der Waals surface area (Å²) >= 11 is 0. The van der Waals surface area contributed by atoms with Crippen molar-refractivity contribution in [1.82, 2.24) is 14.7 Å². The highest BCUT2D eigenvalue weighted by Crippen LogP contribution is 2.31. The van der Waals surface area contributed by atoms with Crippen LogP contribution in [0.4, 0.5) is 0 Å². The molecule has 4 heteroatoms. The van der Waals surface area contributed by atoms with Crippen LogP contribution in [0.15, 0.2) is 24.3 Å². The Kier molecular flexibility index (Phi) is 4.27. The normalized spacial score (nSPS) is 23.9. The predicted molar refractivity (Wildman–Crippen MR) is 84.2 cm³/mol. The molecule has 0 unspecified atom stereocenters. The fourth-order valence-corrected chi connectivity index (χ4v) is 3.39. The van der Waals surface area contributed by atoms with E-state index >= 15 is 0 Å². The van der Waals surface area contributed by atoms with E-state index < -0.39 is 0 Å². The lowest BCUT2D eigenvalue weighted by molar-refractivity contribution is -0.134. The molecule has 1 saturated heterocycles. The van der Waals surface area contributed by atoms with E-state index in [0.717, 1.165) is 39.1 Å². The first kappa shape index (κ1) is 14.5. The lowest BCUT2D eigenvalue weighted by Crippen LogP contribution is -2.48. The molecule has 2 heterocycles. The van der Waals surface area contributed by atoms with Gasteiger partial charge in [-0.2, -0.15) is 0 Å². The van der Waals surface area contributed by atoms with Crippen molar-refractivity contribution in [3.05, 3.63) is 35.4 Å². The summed E-state index contributed by atoms with van der Waals surface area (Å²) in [6, 6.07) is 8.82. The molecule has 2 aliphatic heterocycles. The molecule has 0 spiro atoms. The van der Waals surface area contributed by atoms with Crippen molar-refractivity contribution in [3.8, 4) is 0 Å². The molecule has 0 N–H and O–H groups in total. The average Bonchev–Trinajstić information content (AvgIpc) is 2.51. The molecule has 0 bridgehead atoms. The van der Waals surface area contributed by atoms with Gasteiger partial charge in [0.05, 0.1) is 0 Å². The largest absolute Gasteiger partial charge is 0.340 e. The highest BCUT2D eigenvalue weighted by Gasteiger charge is 2.29. The second-order valence-electron chi connectivity index (χ2n) is 6.33. The third-order valence-corrected chi connectivity index (χ3v) is 4.90. The molecule has 1 aromatic carbocycles. The Bertz CT molecular complexity index is 509. The number of amides is 1. The van der Waals surface area contributed by atoms with Crippen molar-refractivity contribution >= 4 is 5.91 Å². The lowest BCUT2D eigenvalue weighted by atomic mass is 9.91. The standard InChI is InChI=1S/C17H25N3O/c1-18-9-11-20(12-10-18)17(21)13-16-15-6-4-3-5-14(15)7-8-19(16)2/h3-6,16H,7-13H2,1-2H3/t16-/m0/s1. The van der Waals surface area contributed by atoms with Gasteiger partial charge in [0.1, 0.15) is 0 Å². The third-order valence-electron chi connectivity index (χ3n) is 4.90. The zero-order valence-corrected chi connectivity index (χ0v) is 13.1. The number of piperazine rings is 1. The molecule has 1 amide bonds. The summed E-state index contributed by atoms with van der Waals surface area (Å²) in [5, 5.41) is 0. The summed E-state index contributed by atoms with van der Waals surface area (Å²) in [4.78, 5) is 19.3. The molecular formula is C17H25N3O. The van der Waals surface area contributed by atoms with E-state index in [1.807, 2.05) is 4.90 Å². The van der Waals surface area contributed by atoms with Gasteiger partial charge in [0.25, 0.3) is 0 Å². The monoisotopic (exact) mass is 287 g/mol. The number of likely N-dealkylation sites (N-methyl/N-ethyl adjacent to an activating group) is 2. The number of hydrogen-bond donors (Lipinski definition) is 0. The Labute approximate surface area is 127 Å². The van der Waals surface area contributed by atoms with Crippen LogP contribution in [-0.2, 0) is 11.2 Å². The van der Waals surface area contributed by atoms with E-state index in [4.69, 9.17) is 0 Å². The molecule has 0 aliphatic carbocycles. The third kappa shape index (κ3) is 3.11. The minimum absolute atomic E-state index is 0.238. The van der Waals surface area contributed by atoms with E-state index in [0.29, 0.717) is 12.3 Å². The molecule has 114 valence electrons. The van der Waals surface area contributed by atoms with Crippen molar-refractivity contribution in [2.45, 2.75) is 18.9 Å². The van der Waals surface area contributed by atoms with Gasteiger partial charge >= 0.3 is 0 Å². The first-order chi connectivity index (χ1) is 10.1. The molecule has 0 radical (unpaired) electrons. The van der Waals surface area contributed by atoms with Crippen LogP contribution < -0.4 is 0 Å². The number of carbonyl (C=O) groups excluding carboxylic acids is 1. The molecular weight excluding hydrogens is 262 g/mol. The molecule has 1 aromatic rings. The maximum absolute atomic E-state index is 12.6. The van der Waals surface area contributed by atoms with Crippen molar-refractivity contribution < 1.29 is 4.79 Å². The Hall–Kier alpha value is -1.39. The maximum Gasteiger partial charge on any atom is 0.224 e. The van der Waals surface area contributed by atoms with Crippen molar-refractivity contribution in [2.24, 2.45) is 0 Å². The number of hydrogen-bond acceptors (Lipinski definition) is 3. The van der Waals surface area contributed by atoms with E-state index in [1.165, 1.54) is 11.1 Å². The van der Waals surface area contributed by atoms with E-state index in [1.54, 1.807) is 0 Å². The van der Waals surface area contributed by atoms with E-state index in [9.17, 15) is 4.79 Å². The van der Waals surface area contributed by atoms with Crippen molar-refractivity contribution in [2.75, 3.05) is 46.8 Å². The highest BCUT2D eigenvalue weighted by atomic mass is 16.2. The Morgan fingerprint density at radius 2 is 1.81 bits per heavy atom. The van der Waals surface area contributed by atoms with Crippen LogP contribution in [0.1, 0.15) is 23.6 Å². The summed E-state index contributed by atoms with van der Waals surface area (Å²) in [6.07, 6.45) is 1.70. The van der Waals surface area contributed by atoms with Crippen LogP contribution in [0, 0.1) is 0 Å². The van der Waals surface area contributed by atoms with Crippen LogP contribution >= 0.6 is 0 Å². The summed E-state index contributed by atoms with van der Waals surface area (Å²) < 4.78 is 0. The van der Waals surface area contributed by atoms with Crippen molar-refractivity contribution in [1.29, 1.82) is 0 Å². The second-order valence-corrected chi connectivity index (χ2v) is 6.33. The van der Waals surface area contributed by atoms with Crippen LogP contribution in [0.5, 0.6) is 0 Å². The minimum atomic E-state index is 0.238. The summed E-state index contributed by atoms with van der Waals surface area (Å²) in [7, 11) is 4.25. The summed E-state index contributed by atoms with van der Waals surface area (Å²) in [6.45, 7) is 4.75. The first-order valence-electron chi connectivity index (χ1n) is 7.89.